The summed E-state index contributed by atoms with van der Waals surface area (Å²) >= 11 is 9.41. The van der Waals surface area contributed by atoms with Crippen molar-refractivity contribution in [1.82, 2.24) is 15.0 Å². The van der Waals surface area contributed by atoms with E-state index in [1.807, 2.05) is 19.1 Å². The highest BCUT2D eigenvalue weighted by Crippen LogP contribution is 2.27. The van der Waals surface area contributed by atoms with Crippen molar-refractivity contribution in [2.24, 2.45) is 0 Å². The van der Waals surface area contributed by atoms with E-state index in [1.165, 1.54) is 0 Å². The molecule has 0 aliphatic rings. The molecule has 2 rings (SSSR count). The Bertz CT molecular complexity index is 626. The van der Waals surface area contributed by atoms with Crippen molar-refractivity contribution in [2.75, 3.05) is 24.3 Å². The molecule has 0 saturated heterocycles. The molecule has 6 nitrogen and oxygen atoms in total. The lowest BCUT2D eigenvalue weighted by molar-refractivity contribution is 0.292. The van der Waals surface area contributed by atoms with Crippen LogP contribution in [0.2, 0.25) is 5.02 Å². The predicted molar refractivity (Wildman–Crippen MR) is 87.6 cm³/mol. The van der Waals surface area contributed by atoms with Crippen molar-refractivity contribution >= 4 is 45.1 Å². The molecular formula is C13H15BrClN5O. The molecule has 0 saturated carbocycles. The van der Waals surface area contributed by atoms with Crippen LogP contribution in [0.3, 0.4) is 0 Å². The molecule has 0 aliphatic carbocycles. The Kier molecular flexibility index (Phi) is 5.58. The molecular weight excluding hydrogens is 358 g/mol. The molecule has 0 spiro atoms. The van der Waals surface area contributed by atoms with Crippen LogP contribution in [0.4, 0.5) is 17.6 Å². The minimum absolute atomic E-state index is 0.280. The van der Waals surface area contributed by atoms with Gasteiger partial charge in [-0.3, -0.25) is 0 Å². The minimum atomic E-state index is 0.280. The van der Waals surface area contributed by atoms with Gasteiger partial charge in [-0.25, -0.2) is 0 Å². The number of rotatable bonds is 6. The molecule has 0 atom stereocenters. The van der Waals surface area contributed by atoms with E-state index in [4.69, 9.17) is 16.3 Å². The number of anilines is 3. The van der Waals surface area contributed by atoms with Crippen LogP contribution < -0.4 is 15.4 Å². The fraction of sp³-hybridized carbons (Fsp3) is 0.308. The second-order valence-corrected chi connectivity index (χ2v) is 5.38. The average Bonchev–Trinajstić information content (AvgIpc) is 2.48. The van der Waals surface area contributed by atoms with Crippen molar-refractivity contribution in [1.29, 1.82) is 0 Å². The van der Waals surface area contributed by atoms with Gasteiger partial charge in [-0.2, -0.15) is 15.0 Å². The Morgan fingerprint density at radius 1 is 1.24 bits per heavy atom. The van der Waals surface area contributed by atoms with E-state index >= 15 is 0 Å². The number of benzene rings is 1. The standard InChI is InChI=1S/C13H15BrClN5O/c1-3-6-21-13-19-11(16-2)18-12(20-13)17-8-4-5-9(14)10(15)7-8/h4-5,7H,3,6H2,1-2H3,(H2,16,17,18,19,20). The Morgan fingerprint density at radius 2 is 2.00 bits per heavy atom. The number of nitrogens with zero attached hydrogens (tertiary/aromatic N) is 3. The van der Waals surface area contributed by atoms with Crippen LogP contribution >= 0.6 is 27.5 Å². The fourth-order valence-electron chi connectivity index (χ4n) is 1.49. The van der Waals surface area contributed by atoms with Gasteiger partial charge in [0.25, 0.3) is 0 Å². The largest absolute Gasteiger partial charge is 0.463 e. The first kappa shape index (κ1) is 15.8. The molecule has 2 N–H and O–H groups in total. The lowest BCUT2D eigenvalue weighted by Gasteiger charge is -2.09. The summed E-state index contributed by atoms with van der Waals surface area (Å²) in [7, 11) is 1.74. The molecule has 21 heavy (non-hydrogen) atoms. The SMILES string of the molecule is CCCOc1nc(NC)nc(Nc2ccc(Br)c(Cl)c2)n1. The monoisotopic (exact) mass is 371 g/mol. The van der Waals surface area contributed by atoms with Crippen LogP contribution in [0.15, 0.2) is 22.7 Å². The lowest BCUT2D eigenvalue weighted by Crippen LogP contribution is -2.07. The number of hydrogen-bond acceptors (Lipinski definition) is 6. The van der Waals surface area contributed by atoms with Crippen molar-refractivity contribution in [2.45, 2.75) is 13.3 Å². The first-order chi connectivity index (χ1) is 10.1. The first-order valence-electron chi connectivity index (χ1n) is 6.41. The lowest BCUT2D eigenvalue weighted by atomic mass is 10.3. The molecule has 0 bridgehead atoms. The smallest absolute Gasteiger partial charge is 0.323 e. The molecule has 0 fully saturated rings. The number of hydrogen-bond donors (Lipinski definition) is 2. The quantitative estimate of drug-likeness (QED) is 0.802. The van der Waals surface area contributed by atoms with Gasteiger partial charge < -0.3 is 15.4 Å². The molecule has 1 heterocycles. The van der Waals surface area contributed by atoms with Gasteiger partial charge >= 0.3 is 6.01 Å². The van der Waals surface area contributed by atoms with Crippen LogP contribution in [0, 0.1) is 0 Å². The summed E-state index contributed by atoms with van der Waals surface area (Å²) in [6.45, 7) is 2.57. The van der Waals surface area contributed by atoms with Gasteiger partial charge in [0.1, 0.15) is 0 Å². The number of nitrogens with one attached hydrogen (secondary N) is 2. The molecule has 0 radical (unpaired) electrons. The summed E-state index contributed by atoms with van der Waals surface area (Å²) in [5, 5.41) is 6.55. The highest BCUT2D eigenvalue weighted by Gasteiger charge is 2.08. The van der Waals surface area contributed by atoms with Crippen molar-refractivity contribution < 1.29 is 4.74 Å². The second kappa shape index (κ2) is 7.42. The van der Waals surface area contributed by atoms with Crippen molar-refractivity contribution in [3.63, 3.8) is 0 Å². The Labute approximate surface area is 136 Å². The molecule has 2 aromatic rings. The first-order valence-corrected chi connectivity index (χ1v) is 7.58. The summed E-state index contributed by atoms with van der Waals surface area (Å²) in [6.07, 6.45) is 0.881. The van der Waals surface area contributed by atoms with Gasteiger partial charge in [-0.15, -0.1) is 0 Å². The van der Waals surface area contributed by atoms with Crippen LogP contribution in [0.25, 0.3) is 0 Å². The summed E-state index contributed by atoms with van der Waals surface area (Å²) in [5.74, 6) is 0.820. The molecule has 8 heteroatoms. The molecule has 0 amide bonds. The Morgan fingerprint density at radius 3 is 2.67 bits per heavy atom. The number of ether oxygens (including phenoxy) is 1. The van der Waals surface area contributed by atoms with Gasteiger partial charge in [-0.1, -0.05) is 18.5 Å². The van der Waals surface area contributed by atoms with E-state index in [0.717, 1.165) is 16.6 Å². The number of aromatic nitrogens is 3. The van der Waals surface area contributed by atoms with Gasteiger partial charge in [0.2, 0.25) is 11.9 Å². The zero-order valence-electron chi connectivity index (χ0n) is 11.7. The Hall–Kier alpha value is -1.60. The summed E-state index contributed by atoms with van der Waals surface area (Å²) in [6, 6.07) is 5.77. The third-order valence-electron chi connectivity index (χ3n) is 2.45. The fourth-order valence-corrected chi connectivity index (χ4v) is 1.91. The normalized spacial score (nSPS) is 10.3. The Balaban J connectivity index is 2.23. The van der Waals surface area contributed by atoms with E-state index in [1.54, 1.807) is 13.1 Å². The van der Waals surface area contributed by atoms with Crippen molar-refractivity contribution in [3.05, 3.63) is 27.7 Å². The van der Waals surface area contributed by atoms with Gasteiger partial charge in [0, 0.05) is 17.2 Å². The van der Waals surface area contributed by atoms with Crippen LogP contribution in [-0.4, -0.2) is 28.6 Å². The van der Waals surface area contributed by atoms with E-state index in [0.29, 0.717) is 23.5 Å². The zero-order chi connectivity index (χ0) is 15.2. The highest BCUT2D eigenvalue weighted by molar-refractivity contribution is 9.10. The maximum Gasteiger partial charge on any atom is 0.323 e. The van der Waals surface area contributed by atoms with Crippen LogP contribution in [-0.2, 0) is 0 Å². The molecule has 112 valence electrons. The third kappa shape index (κ3) is 4.44. The molecule has 0 unspecified atom stereocenters. The molecule has 0 aliphatic heterocycles. The predicted octanol–water partition coefficient (Wildman–Crippen LogP) is 3.86. The van der Waals surface area contributed by atoms with E-state index < -0.39 is 0 Å². The number of halogens is 2. The van der Waals surface area contributed by atoms with Gasteiger partial charge in [0.15, 0.2) is 0 Å². The maximum absolute atomic E-state index is 6.06. The third-order valence-corrected chi connectivity index (χ3v) is 3.68. The van der Waals surface area contributed by atoms with Crippen molar-refractivity contribution in [3.8, 4) is 6.01 Å². The second-order valence-electron chi connectivity index (χ2n) is 4.12. The van der Waals surface area contributed by atoms with Crippen LogP contribution in [0.5, 0.6) is 6.01 Å². The maximum atomic E-state index is 6.06. The van der Waals surface area contributed by atoms with E-state index in [2.05, 4.69) is 41.5 Å². The molecule has 1 aromatic carbocycles. The minimum Gasteiger partial charge on any atom is -0.463 e. The summed E-state index contributed by atoms with van der Waals surface area (Å²) < 4.78 is 6.27. The topological polar surface area (TPSA) is 72.0 Å². The zero-order valence-corrected chi connectivity index (χ0v) is 14.0. The summed E-state index contributed by atoms with van der Waals surface area (Å²) in [5.41, 5.74) is 0.776. The van der Waals surface area contributed by atoms with Gasteiger partial charge in [-0.05, 0) is 40.5 Å². The average molecular weight is 373 g/mol. The van der Waals surface area contributed by atoms with E-state index in [9.17, 15) is 0 Å². The van der Waals surface area contributed by atoms with E-state index in [-0.39, 0.29) is 6.01 Å². The van der Waals surface area contributed by atoms with Gasteiger partial charge in [0.05, 0.1) is 11.6 Å². The van der Waals surface area contributed by atoms with Crippen LogP contribution in [0.1, 0.15) is 13.3 Å². The highest BCUT2D eigenvalue weighted by atomic mass is 79.9. The summed E-state index contributed by atoms with van der Waals surface area (Å²) in [4.78, 5) is 12.6. The molecule has 1 aromatic heterocycles.